The van der Waals surface area contributed by atoms with Gasteiger partial charge in [0.2, 0.25) is 0 Å². The van der Waals surface area contributed by atoms with E-state index in [0.29, 0.717) is 17.8 Å². The van der Waals surface area contributed by atoms with Crippen molar-refractivity contribution in [2.45, 2.75) is 6.32 Å². The van der Waals surface area contributed by atoms with E-state index in [1.165, 1.54) is 0 Å². The molecule has 1 aliphatic heterocycles. The monoisotopic (exact) mass is 297 g/mol. The molecule has 0 saturated carbocycles. The maximum atomic E-state index is 9.45. The van der Waals surface area contributed by atoms with E-state index in [0.717, 1.165) is 22.3 Å². The van der Waals surface area contributed by atoms with Crippen LogP contribution in [0, 0.1) is 0 Å². The van der Waals surface area contributed by atoms with Crippen molar-refractivity contribution in [3.05, 3.63) is 48.5 Å². The summed E-state index contributed by atoms with van der Waals surface area (Å²) in [5, 5.41) is 9.45. The number of methoxy groups -OCH3 is 2. The van der Waals surface area contributed by atoms with Crippen molar-refractivity contribution in [3.8, 4) is 22.6 Å². The van der Waals surface area contributed by atoms with E-state index >= 15 is 0 Å². The van der Waals surface area contributed by atoms with Crippen LogP contribution in [-0.2, 0) is 4.65 Å². The SMILES string of the molecule is COc1ccc(-c2cncc(C3=COB(O)C3)c2)cc1OC. The van der Waals surface area contributed by atoms with Crippen LogP contribution in [-0.4, -0.2) is 31.3 Å². The van der Waals surface area contributed by atoms with Crippen LogP contribution in [0.5, 0.6) is 11.5 Å². The number of hydrogen-bond acceptors (Lipinski definition) is 5. The van der Waals surface area contributed by atoms with Crippen LogP contribution >= 0.6 is 0 Å². The van der Waals surface area contributed by atoms with Gasteiger partial charge in [0, 0.05) is 24.3 Å². The van der Waals surface area contributed by atoms with Crippen LogP contribution < -0.4 is 9.47 Å². The van der Waals surface area contributed by atoms with Crippen molar-refractivity contribution in [2.24, 2.45) is 0 Å². The van der Waals surface area contributed by atoms with Crippen LogP contribution in [0.1, 0.15) is 5.56 Å². The highest BCUT2D eigenvalue weighted by molar-refractivity contribution is 6.47. The Morgan fingerprint density at radius 2 is 1.82 bits per heavy atom. The van der Waals surface area contributed by atoms with E-state index in [-0.39, 0.29) is 0 Å². The van der Waals surface area contributed by atoms with Gasteiger partial charge in [-0.25, -0.2) is 0 Å². The van der Waals surface area contributed by atoms with Gasteiger partial charge >= 0.3 is 7.12 Å². The van der Waals surface area contributed by atoms with Crippen LogP contribution in [0.2, 0.25) is 6.32 Å². The lowest BCUT2D eigenvalue weighted by Crippen LogP contribution is -2.08. The molecule has 1 aliphatic rings. The summed E-state index contributed by atoms with van der Waals surface area (Å²) in [7, 11) is 2.45. The Hall–Kier alpha value is -2.47. The average molecular weight is 297 g/mol. The number of benzene rings is 1. The molecule has 0 fully saturated rings. The normalized spacial score (nSPS) is 13.6. The molecule has 0 bridgehead atoms. The quantitative estimate of drug-likeness (QED) is 0.879. The van der Waals surface area contributed by atoms with Gasteiger partial charge in [0.05, 0.1) is 20.5 Å². The third-order valence-electron chi connectivity index (χ3n) is 3.59. The Kier molecular flexibility index (Phi) is 4.02. The molecule has 22 heavy (non-hydrogen) atoms. The fourth-order valence-electron chi connectivity index (χ4n) is 2.42. The third kappa shape index (κ3) is 2.78. The molecule has 0 saturated heterocycles. The molecular weight excluding hydrogens is 281 g/mol. The molecule has 5 nitrogen and oxygen atoms in total. The van der Waals surface area contributed by atoms with Crippen molar-refractivity contribution >= 4 is 12.7 Å². The van der Waals surface area contributed by atoms with Crippen molar-refractivity contribution in [2.75, 3.05) is 14.2 Å². The second-order valence-electron chi connectivity index (χ2n) is 4.97. The highest BCUT2D eigenvalue weighted by Gasteiger charge is 2.24. The summed E-state index contributed by atoms with van der Waals surface area (Å²) in [6.07, 6.45) is 5.60. The van der Waals surface area contributed by atoms with E-state index in [1.54, 1.807) is 32.9 Å². The molecule has 6 heteroatoms. The molecule has 0 unspecified atom stereocenters. The number of aromatic nitrogens is 1. The summed E-state index contributed by atoms with van der Waals surface area (Å²) in [6, 6.07) is 7.74. The first-order chi connectivity index (χ1) is 10.7. The summed E-state index contributed by atoms with van der Waals surface area (Å²) < 4.78 is 15.6. The zero-order valence-corrected chi connectivity index (χ0v) is 12.4. The molecule has 1 N–H and O–H groups in total. The number of pyridine rings is 1. The van der Waals surface area contributed by atoms with Gasteiger partial charge in [-0.3, -0.25) is 4.98 Å². The molecule has 0 radical (unpaired) electrons. The number of allylic oxidation sites excluding steroid dienone is 1. The summed E-state index contributed by atoms with van der Waals surface area (Å²) in [6.45, 7) is 0. The van der Waals surface area contributed by atoms with Gasteiger partial charge in [-0.15, -0.1) is 0 Å². The molecule has 2 heterocycles. The molecule has 3 rings (SSSR count). The lowest BCUT2D eigenvalue weighted by Gasteiger charge is -2.10. The summed E-state index contributed by atoms with van der Waals surface area (Å²) in [5.74, 6) is 1.36. The molecule has 2 aromatic rings. The lowest BCUT2D eigenvalue weighted by atomic mass is 9.82. The molecule has 0 spiro atoms. The van der Waals surface area contributed by atoms with Crippen LogP contribution in [0.15, 0.2) is 42.9 Å². The fourth-order valence-corrected chi connectivity index (χ4v) is 2.42. The second-order valence-corrected chi connectivity index (χ2v) is 4.97. The predicted molar refractivity (Wildman–Crippen MR) is 84.6 cm³/mol. The standard InChI is InChI=1S/C16H16BNO4/c1-20-15-4-3-11(6-16(15)21-2)12-5-13(9-18-8-12)14-7-17(19)22-10-14/h3-6,8-10,19H,7H2,1-2H3. The predicted octanol–water partition coefficient (Wildman–Crippen LogP) is 2.62. The highest BCUT2D eigenvalue weighted by atomic mass is 16.5. The van der Waals surface area contributed by atoms with Gasteiger partial charge in [0.1, 0.15) is 0 Å². The number of nitrogens with zero attached hydrogens (tertiary/aromatic N) is 1. The van der Waals surface area contributed by atoms with Gasteiger partial charge in [0.15, 0.2) is 11.5 Å². The van der Waals surface area contributed by atoms with E-state index in [1.807, 2.05) is 24.3 Å². The van der Waals surface area contributed by atoms with Crippen LogP contribution in [0.3, 0.4) is 0 Å². The Bertz CT molecular complexity index is 717. The smallest absolute Gasteiger partial charge is 0.526 e. The molecule has 1 aromatic carbocycles. The van der Waals surface area contributed by atoms with Crippen LogP contribution in [0.25, 0.3) is 16.7 Å². The molecule has 112 valence electrons. The Morgan fingerprint density at radius 3 is 2.50 bits per heavy atom. The molecule has 0 amide bonds. The van der Waals surface area contributed by atoms with Gasteiger partial charge in [-0.1, -0.05) is 6.07 Å². The fraction of sp³-hybridized carbons (Fsp3) is 0.188. The first kappa shape index (κ1) is 14.5. The molecule has 0 atom stereocenters. The highest BCUT2D eigenvalue weighted by Crippen LogP contribution is 2.33. The van der Waals surface area contributed by atoms with Crippen molar-refractivity contribution < 1.29 is 19.2 Å². The minimum Gasteiger partial charge on any atom is -0.542 e. The van der Waals surface area contributed by atoms with Gasteiger partial charge in [0.25, 0.3) is 0 Å². The lowest BCUT2D eigenvalue weighted by molar-refractivity contribution is 0.355. The zero-order valence-electron chi connectivity index (χ0n) is 12.4. The first-order valence-electron chi connectivity index (χ1n) is 6.91. The number of ether oxygens (including phenoxy) is 2. The third-order valence-corrected chi connectivity index (χ3v) is 3.59. The number of hydrogen-bond donors (Lipinski definition) is 1. The first-order valence-corrected chi connectivity index (χ1v) is 6.91. The van der Waals surface area contributed by atoms with Crippen molar-refractivity contribution in [1.29, 1.82) is 0 Å². The minimum atomic E-state index is -0.764. The Morgan fingerprint density at radius 1 is 1.05 bits per heavy atom. The topological polar surface area (TPSA) is 60.8 Å². The van der Waals surface area contributed by atoms with Gasteiger partial charge in [-0.05, 0) is 34.9 Å². The second kappa shape index (κ2) is 6.11. The van der Waals surface area contributed by atoms with E-state index in [4.69, 9.17) is 14.1 Å². The molecule has 1 aromatic heterocycles. The van der Waals surface area contributed by atoms with Crippen molar-refractivity contribution in [1.82, 2.24) is 4.98 Å². The van der Waals surface area contributed by atoms with E-state index in [2.05, 4.69) is 4.98 Å². The number of rotatable bonds is 4. The minimum absolute atomic E-state index is 0.469. The van der Waals surface area contributed by atoms with Crippen LogP contribution in [0.4, 0.5) is 0 Å². The zero-order chi connectivity index (χ0) is 15.5. The molecule has 0 aliphatic carbocycles. The van der Waals surface area contributed by atoms with Gasteiger partial charge in [-0.2, -0.15) is 0 Å². The van der Waals surface area contributed by atoms with Crippen molar-refractivity contribution in [3.63, 3.8) is 0 Å². The summed E-state index contributed by atoms with van der Waals surface area (Å²) in [5.41, 5.74) is 3.80. The Labute approximate surface area is 129 Å². The maximum absolute atomic E-state index is 9.45. The largest absolute Gasteiger partial charge is 0.542 e. The summed E-state index contributed by atoms with van der Waals surface area (Å²) >= 11 is 0. The van der Waals surface area contributed by atoms with Gasteiger partial charge < -0.3 is 19.2 Å². The average Bonchev–Trinajstić information content (AvgIpc) is 3.01. The summed E-state index contributed by atoms with van der Waals surface area (Å²) in [4.78, 5) is 4.28. The van der Waals surface area contributed by atoms with E-state index in [9.17, 15) is 5.02 Å². The maximum Gasteiger partial charge on any atom is 0.526 e. The van der Waals surface area contributed by atoms with E-state index < -0.39 is 7.12 Å². The Balaban J connectivity index is 1.95. The molecular formula is C16H16BNO4.